The molecule has 0 aliphatic carbocycles. The Balaban J connectivity index is 2.78. The van der Waals surface area contributed by atoms with Gasteiger partial charge in [0.25, 0.3) is 0 Å². The van der Waals surface area contributed by atoms with Crippen LogP contribution in [0.3, 0.4) is 0 Å². The Morgan fingerprint density at radius 1 is 1.19 bits per heavy atom. The molecule has 2 heteroatoms. The van der Waals surface area contributed by atoms with E-state index in [1.54, 1.807) is 0 Å². The number of hydrogen-bond acceptors (Lipinski definition) is 1. The highest BCUT2D eigenvalue weighted by molar-refractivity contribution is 9.09. The Labute approximate surface area is 108 Å². The summed E-state index contributed by atoms with van der Waals surface area (Å²) in [7, 11) is 0. The van der Waals surface area contributed by atoms with Gasteiger partial charge in [-0.05, 0) is 31.4 Å². The van der Waals surface area contributed by atoms with Crippen molar-refractivity contribution in [1.82, 2.24) is 0 Å². The third-order valence-electron chi connectivity index (χ3n) is 2.76. The monoisotopic (exact) mass is 283 g/mol. The van der Waals surface area contributed by atoms with Gasteiger partial charge in [0.05, 0.1) is 0 Å². The number of anilines is 1. The normalized spacial score (nSPS) is 11.6. The molecule has 0 aliphatic heterocycles. The molecule has 1 aromatic rings. The van der Waals surface area contributed by atoms with Crippen LogP contribution in [0.2, 0.25) is 0 Å². The quantitative estimate of drug-likeness (QED) is 0.731. The molecule has 0 spiro atoms. The number of nitrogens with zero attached hydrogens (tertiary/aromatic N) is 1. The van der Waals surface area contributed by atoms with Crippen LogP contribution >= 0.6 is 15.9 Å². The molecule has 0 radical (unpaired) electrons. The fraction of sp³-hybridized carbons (Fsp3) is 0.571. The predicted octanol–water partition coefficient (Wildman–Crippen LogP) is 4.24. The van der Waals surface area contributed by atoms with Crippen LogP contribution in [0.5, 0.6) is 0 Å². The van der Waals surface area contributed by atoms with E-state index in [1.165, 1.54) is 11.3 Å². The minimum Gasteiger partial charge on any atom is -0.371 e. The van der Waals surface area contributed by atoms with Crippen molar-refractivity contribution in [1.29, 1.82) is 0 Å². The summed E-state index contributed by atoms with van der Waals surface area (Å²) in [5.74, 6) is 0. The molecule has 0 saturated carbocycles. The van der Waals surface area contributed by atoms with Crippen LogP contribution in [-0.4, -0.2) is 18.4 Å². The Morgan fingerprint density at radius 3 is 2.19 bits per heavy atom. The maximum atomic E-state index is 3.59. The summed E-state index contributed by atoms with van der Waals surface area (Å²) in [6, 6.07) is 8.78. The Bertz CT molecular complexity index is 316. The maximum absolute atomic E-state index is 3.59. The maximum Gasteiger partial charge on any atom is 0.0366 e. The van der Waals surface area contributed by atoms with Crippen LogP contribution in [0.1, 0.15) is 26.3 Å². The Morgan fingerprint density at radius 2 is 1.75 bits per heavy atom. The van der Waals surface area contributed by atoms with Gasteiger partial charge in [0.1, 0.15) is 0 Å². The molecule has 0 aromatic heterocycles. The lowest BCUT2D eigenvalue weighted by atomic mass is 9.95. The number of rotatable bonds is 5. The van der Waals surface area contributed by atoms with Gasteiger partial charge in [-0.1, -0.05) is 47.5 Å². The van der Waals surface area contributed by atoms with Gasteiger partial charge >= 0.3 is 0 Å². The zero-order chi connectivity index (χ0) is 12.2. The van der Waals surface area contributed by atoms with E-state index in [-0.39, 0.29) is 0 Å². The van der Waals surface area contributed by atoms with E-state index >= 15 is 0 Å². The van der Waals surface area contributed by atoms with Crippen molar-refractivity contribution >= 4 is 21.6 Å². The molecule has 16 heavy (non-hydrogen) atoms. The number of benzene rings is 1. The minimum atomic E-state index is 0.306. The summed E-state index contributed by atoms with van der Waals surface area (Å²) in [6.45, 7) is 11.1. The van der Waals surface area contributed by atoms with E-state index in [0.717, 1.165) is 18.4 Å². The van der Waals surface area contributed by atoms with Crippen molar-refractivity contribution in [2.24, 2.45) is 5.41 Å². The molecule has 0 heterocycles. The second kappa shape index (κ2) is 5.72. The highest BCUT2D eigenvalue weighted by atomic mass is 79.9. The van der Waals surface area contributed by atoms with E-state index in [2.05, 4.69) is 72.8 Å². The van der Waals surface area contributed by atoms with Gasteiger partial charge in [-0.15, -0.1) is 0 Å². The van der Waals surface area contributed by atoms with E-state index in [0.29, 0.717) is 5.41 Å². The van der Waals surface area contributed by atoms with Gasteiger partial charge in [-0.25, -0.2) is 0 Å². The average molecular weight is 284 g/mol. The van der Waals surface area contributed by atoms with Gasteiger partial charge in [0, 0.05) is 24.1 Å². The number of alkyl halides is 1. The number of halogens is 1. The number of aryl methyl sites for hydroxylation is 1. The van der Waals surface area contributed by atoms with Crippen molar-refractivity contribution in [2.45, 2.75) is 27.7 Å². The van der Waals surface area contributed by atoms with Crippen molar-refractivity contribution in [3.05, 3.63) is 29.8 Å². The fourth-order valence-electron chi connectivity index (χ4n) is 1.70. The molecule has 0 saturated heterocycles. The standard InChI is InChI=1S/C14H22BrN/c1-5-16(11-14(3,4)10-15)13-8-6-12(2)7-9-13/h6-9H,5,10-11H2,1-4H3. The Hall–Kier alpha value is -0.500. The molecule has 1 nitrogen and oxygen atoms in total. The van der Waals surface area contributed by atoms with Gasteiger partial charge in [-0.3, -0.25) is 0 Å². The first-order valence-corrected chi connectivity index (χ1v) is 6.98. The summed E-state index contributed by atoms with van der Waals surface area (Å²) in [6.07, 6.45) is 0. The predicted molar refractivity (Wildman–Crippen MR) is 76.6 cm³/mol. The van der Waals surface area contributed by atoms with E-state index in [1.807, 2.05) is 0 Å². The summed E-state index contributed by atoms with van der Waals surface area (Å²) < 4.78 is 0. The van der Waals surface area contributed by atoms with Gasteiger partial charge < -0.3 is 4.90 Å². The van der Waals surface area contributed by atoms with E-state index < -0.39 is 0 Å². The minimum absolute atomic E-state index is 0.306. The second-order valence-electron chi connectivity index (χ2n) is 5.15. The molecule has 0 N–H and O–H groups in total. The highest BCUT2D eigenvalue weighted by Crippen LogP contribution is 2.24. The summed E-state index contributed by atoms with van der Waals surface area (Å²) >= 11 is 3.59. The second-order valence-corrected chi connectivity index (χ2v) is 5.71. The zero-order valence-corrected chi connectivity index (χ0v) is 12.3. The lowest BCUT2D eigenvalue weighted by molar-refractivity contribution is 0.425. The molecule has 90 valence electrons. The summed E-state index contributed by atoms with van der Waals surface area (Å²) in [4.78, 5) is 2.43. The molecule has 0 aliphatic rings. The first-order chi connectivity index (χ1) is 7.48. The molecule has 0 bridgehead atoms. The topological polar surface area (TPSA) is 3.24 Å². The molecule has 0 amide bonds. The Kier molecular flexibility index (Phi) is 4.85. The fourth-order valence-corrected chi connectivity index (χ4v) is 1.88. The largest absolute Gasteiger partial charge is 0.371 e. The molecular formula is C14H22BrN. The molecule has 0 atom stereocenters. The molecule has 1 rings (SSSR count). The van der Waals surface area contributed by atoms with Crippen molar-refractivity contribution in [3.63, 3.8) is 0 Å². The molecule has 1 aromatic carbocycles. The zero-order valence-electron chi connectivity index (χ0n) is 10.8. The van der Waals surface area contributed by atoms with Crippen molar-refractivity contribution in [2.75, 3.05) is 23.3 Å². The van der Waals surface area contributed by atoms with E-state index in [9.17, 15) is 0 Å². The van der Waals surface area contributed by atoms with Crippen LogP contribution in [-0.2, 0) is 0 Å². The number of hydrogen-bond donors (Lipinski definition) is 0. The summed E-state index contributed by atoms with van der Waals surface area (Å²) in [5, 5.41) is 1.03. The lowest BCUT2D eigenvalue weighted by Gasteiger charge is -2.32. The smallest absolute Gasteiger partial charge is 0.0366 e. The SMILES string of the molecule is CCN(CC(C)(C)CBr)c1ccc(C)cc1. The highest BCUT2D eigenvalue weighted by Gasteiger charge is 2.19. The van der Waals surface area contributed by atoms with Crippen molar-refractivity contribution in [3.8, 4) is 0 Å². The first-order valence-electron chi connectivity index (χ1n) is 5.86. The third kappa shape index (κ3) is 3.82. The first kappa shape index (κ1) is 13.6. The van der Waals surface area contributed by atoms with Crippen LogP contribution in [0.4, 0.5) is 5.69 Å². The van der Waals surface area contributed by atoms with Crippen LogP contribution in [0.15, 0.2) is 24.3 Å². The van der Waals surface area contributed by atoms with Crippen LogP contribution in [0, 0.1) is 12.3 Å². The summed E-state index contributed by atoms with van der Waals surface area (Å²) in [5.41, 5.74) is 2.95. The van der Waals surface area contributed by atoms with Crippen molar-refractivity contribution < 1.29 is 0 Å². The van der Waals surface area contributed by atoms with Crippen LogP contribution in [0.25, 0.3) is 0 Å². The van der Waals surface area contributed by atoms with Gasteiger partial charge in [0.15, 0.2) is 0 Å². The van der Waals surface area contributed by atoms with Gasteiger partial charge in [-0.2, -0.15) is 0 Å². The average Bonchev–Trinajstić information content (AvgIpc) is 2.27. The molecular weight excluding hydrogens is 262 g/mol. The van der Waals surface area contributed by atoms with E-state index in [4.69, 9.17) is 0 Å². The molecule has 0 fully saturated rings. The molecule has 0 unspecified atom stereocenters. The third-order valence-corrected chi connectivity index (χ3v) is 4.28. The van der Waals surface area contributed by atoms with Gasteiger partial charge in [0.2, 0.25) is 0 Å². The van der Waals surface area contributed by atoms with Crippen LogP contribution < -0.4 is 4.90 Å². The lowest BCUT2D eigenvalue weighted by Crippen LogP contribution is -2.35.